The molecule has 26 heavy (non-hydrogen) atoms. The predicted octanol–water partition coefficient (Wildman–Crippen LogP) is 3.38. The first-order valence-electron chi connectivity index (χ1n) is 7.88. The highest BCUT2D eigenvalue weighted by Crippen LogP contribution is 2.25. The van der Waals surface area contributed by atoms with Gasteiger partial charge in [-0.3, -0.25) is 4.79 Å². The summed E-state index contributed by atoms with van der Waals surface area (Å²) in [6.45, 7) is 0. The number of aromatic nitrogens is 3. The zero-order valence-electron chi connectivity index (χ0n) is 13.6. The van der Waals surface area contributed by atoms with E-state index in [2.05, 4.69) is 15.4 Å². The van der Waals surface area contributed by atoms with Gasteiger partial charge in [0.15, 0.2) is 5.65 Å². The number of benzene rings is 2. The van der Waals surface area contributed by atoms with E-state index in [4.69, 9.17) is 5.73 Å². The monoisotopic (exact) mass is 347 g/mol. The molecule has 0 spiro atoms. The molecule has 6 nitrogen and oxygen atoms in total. The van der Waals surface area contributed by atoms with Crippen molar-refractivity contribution < 1.29 is 9.18 Å². The molecular formula is C19H14FN5O. The molecule has 7 heteroatoms. The SMILES string of the molecule is NC(=O)c1ccc(Nc2nc3c(-c4cccc(F)c4)cccn3n2)cc1. The van der Waals surface area contributed by atoms with Crippen molar-refractivity contribution in [2.45, 2.75) is 0 Å². The summed E-state index contributed by atoms with van der Waals surface area (Å²) in [4.78, 5) is 15.6. The molecule has 0 radical (unpaired) electrons. The zero-order valence-corrected chi connectivity index (χ0v) is 13.6. The van der Waals surface area contributed by atoms with Crippen LogP contribution < -0.4 is 11.1 Å². The van der Waals surface area contributed by atoms with Gasteiger partial charge in [-0.1, -0.05) is 12.1 Å². The van der Waals surface area contributed by atoms with E-state index in [0.717, 1.165) is 16.8 Å². The Morgan fingerprint density at radius 1 is 1.08 bits per heavy atom. The number of amides is 1. The van der Waals surface area contributed by atoms with Crippen LogP contribution in [0.15, 0.2) is 66.9 Å². The topological polar surface area (TPSA) is 85.3 Å². The summed E-state index contributed by atoms with van der Waals surface area (Å²) in [6, 6.07) is 16.7. The minimum absolute atomic E-state index is 0.308. The summed E-state index contributed by atoms with van der Waals surface area (Å²) in [7, 11) is 0. The number of carbonyl (C=O) groups is 1. The van der Waals surface area contributed by atoms with E-state index in [1.54, 1.807) is 41.0 Å². The first-order valence-corrected chi connectivity index (χ1v) is 7.88. The molecule has 2 heterocycles. The van der Waals surface area contributed by atoms with E-state index in [0.29, 0.717) is 17.2 Å². The Morgan fingerprint density at radius 3 is 2.62 bits per heavy atom. The molecule has 0 bridgehead atoms. The van der Waals surface area contributed by atoms with Crippen LogP contribution in [-0.2, 0) is 0 Å². The third-order valence-electron chi connectivity index (χ3n) is 3.92. The van der Waals surface area contributed by atoms with E-state index in [-0.39, 0.29) is 5.82 Å². The number of primary amides is 1. The molecule has 128 valence electrons. The molecule has 4 rings (SSSR count). The quantitative estimate of drug-likeness (QED) is 0.593. The van der Waals surface area contributed by atoms with Crippen molar-refractivity contribution in [2.24, 2.45) is 5.73 Å². The Bertz CT molecular complexity index is 1100. The number of nitrogens with zero attached hydrogens (tertiary/aromatic N) is 3. The summed E-state index contributed by atoms with van der Waals surface area (Å²) >= 11 is 0. The molecule has 4 aromatic rings. The average Bonchev–Trinajstić information content (AvgIpc) is 3.04. The van der Waals surface area contributed by atoms with Crippen molar-refractivity contribution >= 4 is 23.2 Å². The smallest absolute Gasteiger partial charge is 0.248 e. The number of halogens is 1. The highest BCUT2D eigenvalue weighted by molar-refractivity contribution is 5.93. The minimum Gasteiger partial charge on any atom is -0.366 e. The second-order valence-electron chi connectivity index (χ2n) is 5.70. The Kier molecular flexibility index (Phi) is 3.81. The Labute approximate surface area is 148 Å². The van der Waals surface area contributed by atoms with Crippen LogP contribution in [0.2, 0.25) is 0 Å². The van der Waals surface area contributed by atoms with Crippen LogP contribution in [0.5, 0.6) is 0 Å². The Morgan fingerprint density at radius 2 is 1.88 bits per heavy atom. The molecule has 0 aliphatic heterocycles. The van der Waals surface area contributed by atoms with Gasteiger partial charge in [0.1, 0.15) is 5.82 Å². The average molecular weight is 347 g/mol. The van der Waals surface area contributed by atoms with Crippen LogP contribution >= 0.6 is 0 Å². The van der Waals surface area contributed by atoms with Crippen LogP contribution in [0.3, 0.4) is 0 Å². The number of carbonyl (C=O) groups excluding carboxylic acids is 1. The molecule has 2 aromatic carbocycles. The van der Waals surface area contributed by atoms with Gasteiger partial charge >= 0.3 is 0 Å². The molecule has 0 aliphatic carbocycles. The first kappa shape index (κ1) is 15.8. The maximum atomic E-state index is 13.5. The van der Waals surface area contributed by atoms with E-state index >= 15 is 0 Å². The highest BCUT2D eigenvalue weighted by atomic mass is 19.1. The molecule has 0 unspecified atom stereocenters. The summed E-state index contributed by atoms with van der Waals surface area (Å²) < 4.78 is 15.2. The molecule has 1 amide bonds. The molecule has 0 saturated carbocycles. The van der Waals surface area contributed by atoms with Gasteiger partial charge in [-0.2, -0.15) is 4.98 Å². The summed E-state index contributed by atoms with van der Waals surface area (Å²) in [5.74, 6) is -0.403. The second kappa shape index (κ2) is 6.29. The first-order chi connectivity index (χ1) is 12.6. The lowest BCUT2D eigenvalue weighted by Gasteiger charge is -2.02. The molecule has 3 N–H and O–H groups in total. The molecule has 0 saturated heterocycles. The fraction of sp³-hybridized carbons (Fsp3) is 0. The normalized spacial score (nSPS) is 10.8. The number of anilines is 2. The van der Waals surface area contributed by atoms with Gasteiger partial charge in [0.25, 0.3) is 0 Å². The van der Waals surface area contributed by atoms with Crippen molar-refractivity contribution in [3.8, 4) is 11.1 Å². The van der Waals surface area contributed by atoms with Gasteiger partial charge in [-0.15, -0.1) is 5.10 Å². The minimum atomic E-state index is -0.484. The number of nitrogens with one attached hydrogen (secondary N) is 1. The number of hydrogen-bond acceptors (Lipinski definition) is 4. The summed E-state index contributed by atoms with van der Waals surface area (Å²) in [5, 5.41) is 7.46. The van der Waals surface area contributed by atoms with Crippen molar-refractivity contribution in [1.29, 1.82) is 0 Å². The lowest BCUT2D eigenvalue weighted by molar-refractivity contribution is 0.100. The van der Waals surface area contributed by atoms with Gasteiger partial charge in [0, 0.05) is 23.0 Å². The number of fused-ring (bicyclic) bond motifs is 1. The molecule has 0 aliphatic rings. The molecule has 0 fully saturated rings. The van der Waals surface area contributed by atoms with Crippen LogP contribution in [-0.4, -0.2) is 20.5 Å². The lowest BCUT2D eigenvalue weighted by atomic mass is 10.1. The number of pyridine rings is 1. The van der Waals surface area contributed by atoms with Crippen molar-refractivity contribution in [2.75, 3.05) is 5.32 Å². The van der Waals surface area contributed by atoms with Gasteiger partial charge in [-0.05, 0) is 54.1 Å². The standard InChI is InChI=1S/C19H14FN5O/c20-14-4-1-3-13(11-14)16-5-2-10-25-18(16)23-19(24-25)22-15-8-6-12(7-9-15)17(21)26/h1-11H,(H2,21,26)(H,22,24). The number of nitrogens with two attached hydrogens (primary N) is 1. The fourth-order valence-electron chi connectivity index (χ4n) is 2.69. The van der Waals surface area contributed by atoms with E-state index in [1.807, 2.05) is 18.2 Å². The Balaban J connectivity index is 1.69. The van der Waals surface area contributed by atoms with Crippen molar-refractivity contribution in [3.05, 3.63) is 78.2 Å². The summed E-state index contributed by atoms with van der Waals surface area (Å²) in [5.41, 5.74) is 8.48. The van der Waals surface area contributed by atoms with Gasteiger partial charge in [0.05, 0.1) is 0 Å². The van der Waals surface area contributed by atoms with Gasteiger partial charge in [-0.25, -0.2) is 8.91 Å². The number of hydrogen-bond donors (Lipinski definition) is 2. The third kappa shape index (κ3) is 2.98. The maximum Gasteiger partial charge on any atom is 0.248 e. The van der Waals surface area contributed by atoms with Crippen LogP contribution in [0.1, 0.15) is 10.4 Å². The van der Waals surface area contributed by atoms with Gasteiger partial charge < -0.3 is 11.1 Å². The maximum absolute atomic E-state index is 13.5. The predicted molar refractivity (Wildman–Crippen MR) is 96.6 cm³/mol. The summed E-state index contributed by atoms with van der Waals surface area (Å²) in [6.07, 6.45) is 1.77. The van der Waals surface area contributed by atoms with E-state index in [9.17, 15) is 9.18 Å². The molecule has 0 atom stereocenters. The lowest BCUT2D eigenvalue weighted by Crippen LogP contribution is -2.10. The van der Waals surface area contributed by atoms with Gasteiger partial charge in [0.2, 0.25) is 11.9 Å². The fourth-order valence-corrected chi connectivity index (χ4v) is 2.69. The molecule has 2 aromatic heterocycles. The highest BCUT2D eigenvalue weighted by Gasteiger charge is 2.10. The van der Waals surface area contributed by atoms with Crippen LogP contribution in [0.25, 0.3) is 16.8 Å². The van der Waals surface area contributed by atoms with E-state index < -0.39 is 5.91 Å². The second-order valence-corrected chi connectivity index (χ2v) is 5.70. The van der Waals surface area contributed by atoms with Crippen molar-refractivity contribution in [1.82, 2.24) is 14.6 Å². The van der Waals surface area contributed by atoms with Crippen LogP contribution in [0.4, 0.5) is 16.0 Å². The van der Waals surface area contributed by atoms with E-state index in [1.165, 1.54) is 12.1 Å². The Hall–Kier alpha value is -3.74. The van der Waals surface area contributed by atoms with Crippen LogP contribution in [0, 0.1) is 5.82 Å². The molecular weight excluding hydrogens is 333 g/mol. The largest absolute Gasteiger partial charge is 0.366 e. The zero-order chi connectivity index (χ0) is 18.1. The number of rotatable bonds is 4. The van der Waals surface area contributed by atoms with Crippen molar-refractivity contribution in [3.63, 3.8) is 0 Å². The third-order valence-corrected chi connectivity index (χ3v) is 3.92.